The van der Waals surface area contributed by atoms with Gasteiger partial charge in [-0.2, -0.15) is 0 Å². The molecular formula is C16H33O. The Balaban J connectivity index is 3.13. The molecule has 0 aromatic rings. The molecule has 1 nitrogen and oxygen atoms in total. The van der Waals surface area contributed by atoms with Crippen molar-refractivity contribution in [3.63, 3.8) is 0 Å². The van der Waals surface area contributed by atoms with E-state index in [2.05, 4.69) is 27.7 Å². The van der Waals surface area contributed by atoms with Crippen molar-refractivity contribution in [2.75, 3.05) is 13.2 Å². The minimum atomic E-state index is 0.827. The summed E-state index contributed by atoms with van der Waals surface area (Å²) in [6.07, 6.45) is 10.1. The molecule has 0 aromatic heterocycles. The van der Waals surface area contributed by atoms with Crippen LogP contribution in [0.15, 0.2) is 0 Å². The molecule has 0 aromatic carbocycles. The highest BCUT2D eigenvalue weighted by atomic mass is 16.5. The molecule has 0 fully saturated rings. The molecule has 0 aliphatic rings. The van der Waals surface area contributed by atoms with Crippen molar-refractivity contribution in [1.29, 1.82) is 0 Å². The molecule has 0 heterocycles. The highest BCUT2D eigenvalue weighted by Crippen LogP contribution is 2.15. The molecule has 1 heteroatoms. The second kappa shape index (κ2) is 12.4. The van der Waals surface area contributed by atoms with Gasteiger partial charge in [-0.1, -0.05) is 66.2 Å². The zero-order valence-corrected chi connectivity index (χ0v) is 12.3. The molecule has 0 aliphatic heterocycles. The van der Waals surface area contributed by atoms with E-state index in [4.69, 9.17) is 4.74 Å². The highest BCUT2D eigenvalue weighted by Gasteiger charge is 2.03. The zero-order valence-electron chi connectivity index (χ0n) is 12.3. The molecule has 0 rings (SSSR count). The van der Waals surface area contributed by atoms with Gasteiger partial charge < -0.3 is 4.74 Å². The van der Waals surface area contributed by atoms with E-state index < -0.39 is 0 Å². The van der Waals surface area contributed by atoms with Gasteiger partial charge in [0, 0.05) is 13.2 Å². The summed E-state index contributed by atoms with van der Waals surface area (Å²) in [7, 11) is 0. The van der Waals surface area contributed by atoms with Crippen LogP contribution >= 0.6 is 0 Å². The summed E-state index contributed by atoms with van der Waals surface area (Å²) in [6.45, 7) is 12.7. The van der Waals surface area contributed by atoms with Gasteiger partial charge in [0.1, 0.15) is 0 Å². The monoisotopic (exact) mass is 241 g/mol. The number of unbranched alkanes of at least 4 members (excludes halogenated alkanes) is 3. The predicted octanol–water partition coefficient (Wildman–Crippen LogP) is 5.25. The number of rotatable bonds is 12. The van der Waals surface area contributed by atoms with E-state index in [1.807, 2.05) is 0 Å². The van der Waals surface area contributed by atoms with E-state index in [9.17, 15) is 0 Å². The molecule has 17 heavy (non-hydrogen) atoms. The molecule has 1 radical (unpaired) electrons. The first-order valence-electron chi connectivity index (χ1n) is 7.53. The summed E-state index contributed by atoms with van der Waals surface area (Å²) in [5.41, 5.74) is 0. The molecule has 1 unspecified atom stereocenters. The standard InChI is InChI=1S/C16H33O/c1-5-6-7-8-13-17-14-12-16(4)11-9-10-15(2)3/h15-16H,1,5-14H2,2-4H3. The molecule has 0 amide bonds. The smallest absolute Gasteiger partial charge is 0.0468 e. The lowest BCUT2D eigenvalue weighted by molar-refractivity contribution is 0.116. The molecule has 0 N–H and O–H groups in total. The molecule has 0 saturated carbocycles. The minimum absolute atomic E-state index is 0.827. The molecule has 0 saturated heterocycles. The van der Waals surface area contributed by atoms with E-state index >= 15 is 0 Å². The van der Waals surface area contributed by atoms with Gasteiger partial charge in [-0.15, -0.1) is 0 Å². The third-order valence-electron chi connectivity index (χ3n) is 3.27. The zero-order chi connectivity index (χ0) is 12.9. The van der Waals surface area contributed by atoms with Crippen molar-refractivity contribution in [1.82, 2.24) is 0 Å². The van der Waals surface area contributed by atoms with Gasteiger partial charge in [0.25, 0.3) is 0 Å². The fourth-order valence-corrected chi connectivity index (χ4v) is 1.96. The van der Waals surface area contributed by atoms with Crippen molar-refractivity contribution in [2.45, 2.75) is 72.1 Å². The van der Waals surface area contributed by atoms with Crippen LogP contribution in [0.2, 0.25) is 0 Å². The van der Waals surface area contributed by atoms with Crippen molar-refractivity contribution < 1.29 is 4.74 Å². The summed E-state index contributed by atoms with van der Waals surface area (Å²) < 4.78 is 5.66. The van der Waals surface area contributed by atoms with E-state index in [0.717, 1.165) is 31.5 Å². The highest BCUT2D eigenvalue weighted by molar-refractivity contribution is 4.55. The molecular weight excluding hydrogens is 208 g/mol. The Bertz CT molecular complexity index is 142. The van der Waals surface area contributed by atoms with Gasteiger partial charge in [0.15, 0.2) is 0 Å². The Labute approximate surface area is 109 Å². The van der Waals surface area contributed by atoms with Crippen LogP contribution in [0.5, 0.6) is 0 Å². The molecule has 0 bridgehead atoms. The fourth-order valence-electron chi connectivity index (χ4n) is 1.96. The Kier molecular flexibility index (Phi) is 12.4. The Hall–Kier alpha value is -0.0400. The van der Waals surface area contributed by atoms with Gasteiger partial charge in [-0.25, -0.2) is 0 Å². The summed E-state index contributed by atoms with van der Waals surface area (Å²) in [5.74, 6) is 1.68. The average molecular weight is 241 g/mol. The SMILES string of the molecule is [CH2]CCCCCOCCC(C)CCCC(C)C. The first kappa shape index (κ1) is 17.0. The van der Waals surface area contributed by atoms with Crippen LogP contribution in [0.1, 0.15) is 72.1 Å². The van der Waals surface area contributed by atoms with Gasteiger partial charge in [0.2, 0.25) is 0 Å². The van der Waals surface area contributed by atoms with E-state index in [0.29, 0.717) is 0 Å². The van der Waals surface area contributed by atoms with Crippen LogP contribution in [-0.2, 0) is 4.74 Å². The predicted molar refractivity (Wildman–Crippen MR) is 77.1 cm³/mol. The molecule has 1 atom stereocenters. The maximum absolute atomic E-state index is 5.66. The number of hydrogen-bond donors (Lipinski definition) is 0. The summed E-state index contributed by atoms with van der Waals surface area (Å²) in [6, 6.07) is 0. The summed E-state index contributed by atoms with van der Waals surface area (Å²) >= 11 is 0. The van der Waals surface area contributed by atoms with Crippen LogP contribution < -0.4 is 0 Å². The quantitative estimate of drug-likeness (QED) is 0.424. The fraction of sp³-hybridized carbons (Fsp3) is 0.938. The van der Waals surface area contributed by atoms with E-state index in [-0.39, 0.29) is 0 Å². The lowest BCUT2D eigenvalue weighted by Crippen LogP contribution is -2.03. The minimum Gasteiger partial charge on any atom is -0.381 e. The van der Waals surface area contributed by atoms with Gasteiger partial charge in [0.05, 0.1) is 0 Å². The molecule has 0 aliphatic carbocycles. The second-order valence-electron chi connectivity index (χ2n) is 5.75. The Morgan fingerprint density at radius 3 is 2.24 bits per heavy atom. The maximum Gasteiger partial charge on any atom is 0.0468 e. The maximum atomic E-state index is 5.66. The van der Waals surface area contributed by atoms with Crippen molar-refractivity contribution in [2.24, 2.45) is 11.8 Å². The largest absolute Gasteiger partial charge is 0.381 e. The number of hydrogen-bond acceptors (Lipinski definition) is 1. The first-order valence-corrected chi connectivity index (χ1v) is 7.53. The van der Waals surface area contributed by atoms with Crippen LogP contribution in [0.25, 0.3) is 0 Å². The normalized spacial score (nSPS) is 13.2. The van der Waals surface area contributed by atoms with E-state index in [1.165, 1.54) is 44.9 Å². The molecule has 0 spiro atoms. The molecule has 103 valence electrons. The third kappa shape index (κ3) is 13.9. The van der Waals surface area contributed by atoms with Crippen molar-refractivity contribution in [3.8, 4) is 0 Å². The Morgan fingerprint density at radius 2 is 1.59 bits per heavy atom. The lowest BCUT2D eigenvalue weighted by Gasteiger charge is -2.12. The Morgan fingerprint density at radius 1 is 0.824 bits per heavy atom. The van der Waals surface area contributed by atoms with Crippen molar-refractivity contribution >= 4 is 0 Å². The van der Waals surface area contributed by atoms with Gasteiger partial charge in [-0.3, -0.25) is 0 Å². The van der Waals surface area contributed by atoms with Gasteiger partial charge >= 0.3 is 0 Å². The second-order valence-corrected chi connectivity index (χ2v) is 5.75. The van der Waals surface area contributed by atoms with Crippen LogP contribution in [-0.4, -0.2) is 13.2 Å². The van der Waals surface area contributed by atoms with Gasteiger partial charge in [-0.05, 0) is 24.7 Å². The van der Waals surface area contributed by atoms with Crippen LogP contribution in [0, 0.1) is 18.8 Å². The first-order chi connectivity index (χ1) is 8.16. The van der Waals surface area contributed by atoms with Crippen molar-refractivity contribution in [3.05, 3.63) is 6.92 Å². The average Bonchev–Trinajstić information content (AvgIpc) is 2.27. The lowest BCUT2D eigenvalue weighted by atomic mass is 9.98. The van der Waals surface area contributed by atoms with E-state index in [1.54, 1.807) is 0 Å². The van der Waals surface area contributed by atoms with Crippen LogP contribution in [0.4, 0.5) is 0 Å². The third-order valence-corrected chi connectivity index (χ3v) is 3.27. The van der Waals surface area contributed by atoms with Crippen LogP contribution in [0.3, 0.4) is 0 Å². The summed E-state index contributed by atoms with van der Waals surface area (Å²) in [4.78, 5) is 0. The summed E-state index contributed by atoms with van der Waals surface area (Å²) in [5, 5.41) is 0. The number of ether oxygens (including phenoxy) is 1. The topological polar surface area (TPSA) is 9.23 Å².